The normalized spacial score (nSPS) is 14.1. The summed E-state index contributed by atoms with van der Waals surface area (Å²) < 4.78 is 18.0. The average Bonchev–Trinajstić information content (AvgIpc) is 2.36. The minimum atomic E-state index is -2.72. The van der Waals surface area contributed by atoms with E-state index < -0.39 is 7.37 Å². The van der Waals surface area contributed by atoms with Gasteiger partial charge in [0.15, 0.2) is 0 Å². The number of unbranched alkanes of at least 4 members (excludes halogenated alkanes) is 5. The smallest absolute Gasteiger partial charge is 0.310 e. The molecule has 0 aliphatic carbocycles. The number of hydrogen-bond acceptors (Lipinski definition) is 3. The van der Waals surface area contributed by atoms with Gasteiger partial charge in [0.1, 0.15) is 0 Å². The van der Waals surface area contributed by atoms with Crippen LogP contribution in [0.15, 0.2) is 0 Å². The van der Waals surface area contributed by atoms with E-state index in [1.807, 2.05) is 6.92 Å². The quantitative estimate of drug-likeness (QED) is 0.358. The minimum absolute atomic E-state index is 0.282. The van der Waals surface area contributed by atoms with Gasteiger partial charge in [-0.1, -0.05) is 52.9 Å². The van der Waals surface area contributed by atoms with Gasteiger partial charge in [-0.25, -0.2) is 0 Å². The first-order chi connectivity index (χ1) is 9.08. The molecule has 0 fully saturated rings. The Balaban J connectivity index is 4.18. The lowest BCUT2D eigenvalue weighted by atomic mass is 10.2. The molecule has 0 aliphatic heterocycles. The summed E-state index contributed by atoms with van der Waals surface area (Å²) in [6.07, 6.45) is 9.78. The fourth-order valence-corrected chi connectivity index (χ4v) is 4.37. The van der Waals surface area contributed by atoms with Gasteiger partial charge in [-0.15, -0.1) is 0 Å². The molecule has 114 valence electrons. The van der Waals surface area contributed by atoms with E-state index >= 15 is 0 Å². The predicted molar refractivity (Wildman–Crippen MR) is 82.0 cm³/mol. The third kappa shape index (κ3) is 10.2. The number of carbonyl (C=O) groups is 1. The van der Waals surface area contributed by atoms with Gasteiger partial charge in [0.05, 0.1) is 0 Å². The Kier molecular flexibility index (Phi) is 11.3. The first kappa shape index (κ1) is 18.7. The van der Waals surface area contributed by atoms with Crippen LogP contribution in [-0.4, -0.2) is 18.3 Å². The monoisotopic (exact) mass is 290 g/mol. The lowest BCUT2D eigenvalue weighted by Crippen LogP contribution is -2.07. The molecule has 0 bridgehead atoms. The van der Waals surface area contributed by atoms with Crippen molar-refractivity contribution in [2.24, 2.45) is 0 Å². The number of hydrogen-bond donors (Lipinski definition) is 0. The van der Waals surface area contributed by atoms with Crippen LogP contribution in [0.1, 0.15) is 78.6 Å². The third-order valence-corrected chi connectivity index (χ3v) is 5.71. The van der Waals surface area contributed by atoms with E-state index in [9.17, 15) is 9.36 Å². The highest BCUT2D eigenvalue weighted by molar-refractivity contribution is 7.59. The molecule has 0 aromatic carbocycles. The fraction of sp³-hybridized carbons (Fsp3) is 0.933. The SMILES string of the molecule is CCCCCCCP(=O)(CCCC)OC(=O)CCC. The second-order valence-corrected chi connectivity index (χ2v) is 7.95. The summed E-state index contributed by atoms with van der Waals surface area (Å²) >= 11 is 0. The van der Waals surface area contributed by atoms with E-state index in [4.69, 9.17) is 4.52 Å². The molecule has 0 saturated carbocycles. The minimum Gasteiger partial charge on any atom is -0.412 e. The van der Waals surface area contributed by atoms with Crippen LogP contribution in [0, 0.1) is 0 Å². The van der Waals surface area contributed by atoms with E-state index in [0.717, 1.165) is 32.1 Å². The summed E-state index contributed by atoms with van der Waals surface area (Å²) in [5, 5.41) is 0. The molecule has 0 spiro atoms. The number of carbonyl (C=O) groups excluding carboxylic acids is 1. The zero-order valence-corrected chi connectivity index (χ0v) is 13.8. The summed E-state index contributed by atoms with van der Waals surface area (Å²) in [6.45, 7) is 6.18. The first-order valence-electron chi connectivity index (χ1n) is 7.88. The topological polar surface area (TPSA) is 43.4 Å². The highest BCUT2D eigenvalue weighted by atomic mass is 31.2. The molecular weight excluding hydrogens is 259 g/mol. The molecular formula is C15H31O3P. The van der Waals surface area contributed by atoms with Crippen molar-refractivity contribution < 1.29 is 13.9 Å². The predicted octanol–water partition coefficient (Wildman–Crippen LogP) is 5.38. The largest absolute Gasteiger partial charge is 0.412 e. The van der Waals surface area contributed by atoms with Crippen LogP contribution in [0.25, 0.3) is 0 Å². The summed E-state index contributed by atoms with van der Waals surface area (Å²) in [7, 11) is -2.72. The van der Waals surface area contributed by atoms with E-state index in [1.54, 1.807) is 0 Å². The molecule has 4 heteroatoms. The second kappa shape index (κ2) is 11.5. The summed E-state index contributed by atoms with van der Waals surface area (Å²) in [5.41, 5.74) is 0. The van der Waals surface area contributed by atoms with Gasteiger partial charge in [-0.05, 0) is 19.3 Å². The molecule has 0 heterocycles. The highest BCUT2D eigenvalue weighted by Gasteiger charge is 2.25. The van der Waals surface area contributed by atoms with Crippen LogP contribution in [0.5, 0.6) is 0 Å². The molecule has 0 aliphatic rings. The van der Waals surface area contributed by atoms with Gasteiger partial charge in [-0.3, -0.25) is 9.36 Å². The molecule has 1 unspecified atom stereocenters. The van der Waals surface area contributed by atoms with Crippen LogP contribution in [0.3, 0.4) is 0 Å². The molecule has 0 saturated heterocycles. The van der Waals surface area contributed by atoms with Crippen molar-refractivity contribution in [1.82, 2.24) is 0 Å². The number of rotatable bonds is 12. The molecule has 0 aromatic heterocycles. The molecule has 0 rings (SSSR count). The van der Waals surface area contributed by atoms with Crippen molar-refractivity contribution in [1.29, 1.82) is 0 Å². The van der Waals surface area contributed by atoms with E-state index in [0.29, 0.717) is 18.7 Å². The van der Waals surface area contributed by atoms with Gasteiger partial charge in [-0.2, -0.15) is 0 Å². The fourth-order valence-electron chi connectivity index (χ4n) is 1.99. The second-order valence-electron chi connectivity index (χ2n) is 5.24. The van der Waals surface area contributed by atoms with Crippen molar-refractivity contribution in [2.45, 2.75) is 78.6 Å². The highest BCUT2D eigenvalue weighted by Crippen LogP contribution is 2.49. The van der Waals surface area contributed by atoms with Gasteiger partial charge in [0, 0.05) is 18.7 Å². The molecule has 0 amide bonds. The Labute approximate surface area is 118 Å². The molecule has 0 N–H and O–H groups in total. The Morgan fingerprint density at radius 1 is 0.842 bits per heavy atom. The Morgan fingerprint density at radius 2 is 1.42 bits per heavy atom. The maximum atomic E-state index is 12.6. The molecule has 19 heavy (non-hydrogen) atoms. The zero-order valence-electron chi connectivity index (χ0n) is 13.0. The summed E-state index contributed by atoms with van der Waals surface area (Å²) in [4.78, 5) is 11.6. The Morgan fingerprint density at radius 3 is 2.00 bits per heavy atom. The Bertz CT molecular complexity index is 277. The molecule has 3 nitrogen and oxygen atoms in total. The van der Waals surface area contributed by atoms with Crippen molar-refractivity contribution in [3.05, 3.63) is 0 Å². The molecule has 1 atom stereocenters. The Hall–Kier alpha value is -0.300. The van der Waals surface area contributed by atoms with Gasteiger partial charge in [0.2, 0.25) is 0 Å². The molecule has 0 aromatic rings. The van der Waals surface area contributed by atoms with E-state index in [-0.39, 0.29) is 5.97 Å². The maximum Gasteiger partial charge on any atom is 0.310 e. The van der Waals surface area contributed by atoms with E-state index in [2.05, 4.69) is 13.8 Å². The van der Waals surface area contributed by atoms with E-state index in [1.165, 1.54) is 19.3 Å². The van der Waals surface area contributed by atoms with Crippen molar-refractivity contribution in [3.63, 3.8) is 0 Å². The summed E-state index contributed by atoms with van der Waals surface area (Å²) in [6, 6.07) is 0. The van der Waals surface area contributed by atoms with Crippen LogP contribution < -0.4 is 0 Å². The van der Waals surface area contributed by atoms with Gasteiger partial charge >= 0.3 is 5.97 Å². The average molecular weight is 290 g/mol. The lowest BCUT2D eigenvalue weighted by molar-refractivity contribution is -0.134. The lowest BCUT2D eigenvalue weighted by Gasteiger charge is -2.18. The first-order valence-corrected chi connectivity index (χ1v) is 9.88. The van der Waals surface area contributed by atoms with Gasteiger partial charge < -0.3 is 4.52 Å². The maximum absolute atomic E-state index is 12.6. The van der Waals surface area contributed by atoms with Gasteiger partial charge in [0.25, 0.3) is 7.37 Å². The third-order valence-electron chi connectivity index (χ3n) is 3.18. The standard InChI is InChI=1S/C15H31O3P/c1-4-7-9-10-11-14-19(17,13-8-5-2)18-15(16)12-6-3/h4-14H2,1-3H3. The van der Waals surface area contributed by atoms with Crippen LogP contribution in [0.4, 0.5) is 0 Å². The van der Waals surface area contributed by atoms with Crippen LogP contribution >= 0.6 is 7.37 Å². The van der Waals surface area contributed by atoms with Crippen LogP contribution in [0.2, 0.25) is 0 Å². The zero-order chi connectivity index (χ0) is 14.6. The van der Waals surface area contributed by atoms with Crippen molar-refractivity contribution >= 4 is 13.3 Å². The van der Waals surface area contributed by atoms with Crippen molar-refractivity contribution in [3.8, 4) is 0 Å². The summed E-state index contributed by atoms with van der Waals surface area (Å²) in [5.74, 6) is -0.282. The van der Waals surface area contributed by atoms with Crippen molar-refractivity contribution in [2.75, 3.05) is 12.3 Å². The van der Waals surface area contributed by atoms with Crippen LogP contribution in [-0.2, 0) is 13.9 Å². The molecule has 0 radical (unpaired) electrons.